The van der Waals surface area contributed by atoms with Gasteiger partial charge in [-0.05, 0) is 18.3 Å². The van der Waals surface area contributed by atoms with Crippen LogP contribution in [0.4, 0.5) is 0 Å². The summed E-state index contributed by atoms with van der Waals surface area (Å²) in [7, 11) is 0. The first-order chi connectivity index (χ1) is 6.68. The van der Waals surface area contributed by atoms with E-state index in [2.05, 4.69) is 31.5 Å². The Bertz CT molecular complexity index is 187. The van der Waals surface area contributed by atoms with Gasteiger partial charge >= 0.3 is 0 Å². The minimum atomic E-state index is 0.812. The maximum Gasteiger partial charge on any atom is 0.0682 e. The molecule has 0 aliphatic carbocycles. The van der Waals surface area contributed by atoms with Gasteiger partial charge in [0.05, 0.1) is 11.6 Å². The van der Waals surface area contributed by atoms with Crippen LogP contribution in [0.1, 0.15) is 46.5 Å². The number of nitrogens with zero attached hydrogens (tertiary/aromatic N) is 1. The molecule has 1 atom stereocenters. The zero-order valence-electron chi connectivity index (χ0n) is 9.62. The van der Waals surface area contributed by atoms with Crippen LogP contribution in [0.15, 0.2) is 4.99 Å². The summed E-state index contributed by atoms with van der Waals surface area (Å²) in [5.74, 6) is 3.86. The molecule has 1 aliphatic heterocycles. The number of rotatable bonds is 6. The first-order valence-corrected chi connectivity index (χ1v) is 6.58. The molecule has 0 aromatic carbocycles. The van der Waals surface area contributed by atoms with Crippen molar-refractivity contribution in [3.8, 4) is 0 Å². The van der Waals surface area contributed by atoms with Crippen molar-refractivity contribution in [3.63, 3.8) is 0 Å². The van der Waals surface area contributed by atoms with Gasteiger partial charge in [0.25, 0.3) is 0 Å². The molecule has 0 saturated heterocycles. The Kier molecular flexibility index (Phi) is 5.61. The Hall–Kier alpha value is 0.0200. The molecule has 2 heteroatoms. The van der Waals surface area contributed by atoms with E-state index in [0.717, 1.165) is 18.4 Å². The molecular formula is C12H22NS. The Morgan fingerprint density at radius 3 is 2.71 bits per heavy atom. The summed E-state index contributed by atoms with van der Waals surface area (Å²) in [6, 6.07) is 0. The van der Waals surface area contributed by atoms with E-state index in [1.165, 1.54) is 30.7 Å². The molecule has 0 spiro atoms. The third-order valence-corrected chi connectivity index (χ3v) is 3.45. The van der Waals surface area contributed by atoms with Crippen molar-refractivity contribution in [3.05, 3.63) is 5.75 Å². The van der Waals surface area contributed by atoms with Crippen LogP contribution in [0.3, 0.4) is 0 Å². The monoisotopic (exact) mass is 212 g/mol. The molecule has 1 heterocycles. The van der Waals surface area contributed by atoms with Crippen molar-refractivity contribution in [1.29, 1.82) is 0 Å². The van der Waals surface area contributed by atoms with Crippen molar-refractivity contribution in [2.75, 3.05) is 6.54 Å². The van der Waals surface area contributed by atoms with Gasteiger partial charge in [-0.25, -0.2) is 0 Å². The van der Waals surface area contributed by atoms with Crippen molar-refractivity contribution >= 4 is 16.8 Å². The fourth-order valence-electron chi connectivity index (χ4n) is 1.70. The predicted molar refractivity (Wildman–Crippen MR) is 66.7 cm³/mol. The third kappa shape index (κ3) is 5.04. The predicted octanol–water partition coefficient (Wildman–Crippen LogP) is 4.15. The van der Waals surface area contributed by atoms with Crippen LogP contribution in [-0.4, -0.2) is 11.6 Å². The lowest BCUT2D eigenvalue weighted by Gasteiger charge is -2.11. The molecule has 1 aliphatic rings. The average Bonchev–Trinajstić information content (AvgIpc) is 2.56. The standard InChI is InChI=1S/C12H22NS/c1-10(2)5-4-6-11(3)9-12-13-7-8-14-12/h8,10-11H,4-7,9H2,1-3H3. The summed E-state index contributed by atoms with van der Waals surface area (Å²) in [5, 5.41) is 1.35. The summed E-state index contributed by atoms with van der Waals surface area (Å²) < 4.78 is 0. The molecule has 0 aromatic rings. The quantitative estimate of drug-likeness (QED) is 0.644. The summed E-state index contributed by atoms with van der Waals surface area (Å²) in [4.78, 5) is 4.44. The van der Waals surface area contributed by atoms with E-state index in [-0.39, 0.29) is 0 Å². The Labute approximate surface area is 92.8 Å². The molecule has 1 nitrogen and oxygen atoms in total. The first-order valence-electron chi connectivity index (χ1n) is 5.70. The minimum absolute atomic E-state index is 0.812. The Morgan fingerprint density at radius 2 is 2.14 bits per heavy atom. The fourth-order valence-corrected chi connectivity index (χ4v) is 2.57. The lowest BCUT2D eigenvalue weighted by molar-refractivity contribution is 0.468. The molecule has 14 heavy (non-hydrogen) atoms. The SMILES string of the molecule is CC(C)CCCC(C)CC1=NC[CH]S1. The largest absolute Gasteiger partial charge is 0.282 e. The smallest absolute Gasteiger partial charge is 0.0682 e. The van der Waals surface area contributed by atoms with E-state index >= 15 is 0 Å². The van der Waals surface area contributed by atoms with Gasteiger partial charge in [0.15, 0.2) is 0 Å². The molecular weight excluding hydrogens is 190 g/mol. The number of hydrogen-bond donors (Lipinski definition) is 0. The van der Waals surface area contributed by atoms with Gasteiger partial charge in [0.1, 0.15) is 0 Å². The second kappa shape index (κ2) is 6.49. The van der Waals surface area contributed by atoms with Crippen molar-refractivity contribution in [2.24, 2.45) is 16.8 Å². The number of hydrogen-bond acceptors (Lipinski definition) is 2. The summed E-state index contributed by atoms with van der Waals surface area (Å²) in [6.07, 6.45) is 5.30. The van der Waals surface area contributed by atoms with Gasteiger partial charge in [-0.15, -0.1) is 11.8 Å². The summed E-state index contributed by atoms with van der Waals surface area (Å²) in [6.45, 7) is 7.88. The van der Waals surface area contributed by atoms with E-state index in [0.29, 0.717) is 0 Å². The maximum absolute atomic E-state index is 4.44. The fraction of sp³-hybridized carbons (Fsp3) is 0.833. The third-order valence-electron chi connectivity index (χ3n) is 2.56. The summed E-state index contributed by atoms with van der Waals surface area (Å²) >= 11 is 1.84. The van der Waals surface area contributed by atoms with Gasteiger partial charge < -0.3 is 0 Å². The molecule has 0 saturated carbocycles. The van der Waals surface area contributed by atoms with Crippen molar-refractivity contribution in [2.45, 2.75) is 46.5 Å². The number of thioether (sulfide) groups is 1. The van der Waals surface area contributed by atoms with Crippen molar-refractivity contribution in [1.82, 2.24) is 0 Å². The molecule has 0 fully saturated rings. The lowest BCUT2D eigenvalue weighted by atomic mass is 9.98. The topological polar surface area (TPSA) is 12.4 Å². The Balaban J connectivity index is 2.06. The highest BCUT2D eigenvalue weighted by Crippen LogP contribution is 2.24. The van der Waals surface area contributed by atoms with E-state index in [1.54, 1.807) is 0 Å². The lowest BCUT2D eigenvalue weighted by Crippen LogP contribution is -2.01. The normalized spacial score (nSPS) is 18.7. The second-order valence-corrected chi connectivity index (χ2v) is 5.69. The minimum Gasteiger partial charge on any atom is -0.282 e. The van der Waals surface area contributed by atoms with Crippen LogP contribution in [-0.2, 0) is 0 Å². The van der Waals surface area contributed by atoms with Crippen LogP contribution in [0, 0.1) is 17.6 Å². The zero-order chi connectivity index (χ0) is 10.4. The highest BCUT2D eigenvalue weighted by molar-refractivity contribution is 8.15. The molecule has 0 aromatic heterocycles. The van der Waals surface area contributed by atoms with Crippen LogP contribution in [0.25, 0.3) is 0 Å². The van der Waals surface area contributed by atoms with E-state index < -0.39 is 0 Å². The molecule has 0 amide bonds. The van der Waals surface area contributed by atoms with Gasteiger partial charge in [-0.2, -0.15) is 0 Å². The van der Waals surface area contributed by atoms with E-state index in [9.17, 15) is 0 Å². The van der Waals surface area contributed by atoms with Crippen LogP contribution >= 0.6 is 11.8 Å². The highest BCUT2D eigenvalue weighted by Gasteiger charge is 2.11. The number of aliphatic imine (C=N–C) groups is 1. The maximum atomic E-state index is 4.44. The summed E-state index contributed by atoms with van der Waals surface area (Å²) in [5.41, 5.74) is 0. The highest BCUT2D eigenvalue weighted by atomic mass is 32.2. The molecule has 1 radical (unpaired) electrons. The molecule has 81 valence electrons. The average molecular weight is 212 g/mol. The van der Waals surface area contributed by atoms with Crippen LogP contribution < -0.4 is 0 Å². The molecule has 1 rings (SSSR count). The first kappa shape index (κ1) is 12.1. The van der Waals surface area contributed by atoms with Gasteiger partial charge in [0.2, 0.25) is 0 Å². The van der Waals surface area contributed by atoms with Crippen molar-refractivity contribution < 1.29 is 0 Å². The second-order valence-electron chi connectivity index (χ2n) is 4.65. The Morgan fingerprint density at radius 1 is 1.36 bits per heavy atom. The van der Waals surface area contributed by atoms with Gasteiger partial charge in [0, 0.05) is 5.75 Å². The zero-order valence-corrected chi connectivity index (χ0v) is 10.4. The van der Waals surface area contributed by atoms with Gasteiger partial charge in [-0.3, -0.25) is 4.99 Å². The molecule has 0 N–H and O–H groups in total. The van der Waals surface area contributed by atoms with Crippen LogP contribution in [0.2, 0.25) is 0 Å². The van der Waals surface area contributed by atoms with Crippen LogP contribution in [0.5, 0.6) is 0 Å². The van der Waals surface area contributed by atoms with E-state index in [4.69, 9.17) is 0 Å². The van der Waals surface area contributed by atoms with E-state index in [1.807, 2.05) is 11.8 Å². The molecule has 1 unspecified atom stereocenters. The molecule has 0 bridgehead atoms. The van der Waals surface area contributed by atoms with Gasteiger partial charge in [-0.1, -0.05) is 40.0 Å².